The Hall–Kier alpha value is -1.82. The lowest BCUT2D eigenvalue weighted by Crippen LogP contribution is -2.38. The van der Waals surface area contributed by atoms with Crippen LogP contribution in [0.15, 0.2) is 12.3 Å². The van der Waals surface area contributed by atoms with Crippen molar-refractivity contribution in [3.05, 3.63) is 23.5 Å². The summed E-state index contributed by atoms with van der Waals surface area (Å²) in [6.07, 6.45) is 7.13. The maximum Gasteiger partial charge on any atom is 0.270 e. The third kappa shape index (κ3) is 3.80. The van der Waals surface area contributed by atoms with Gasteiger partial charge in [-0.15, -0.1) is 0 Å². The summed E-state index contributed by atoms with van der Waals surface area (Å²) < 4.78 is 0. The predicted molar refractivity (Wildman–Crippen MR) is 93.1 cm³/mol. The normalized spacial score (nSPS) is 19.0. The maximum atomic E-state index is 12.6. The third-order valence-electron chi connectivity index (χ3n) is 5.26. The van der Waals surface area contributed by atoms with E-state index in [2.05, 4.69) is 10.3 Å². The number of H-pyrrole nitrogens is 1. The lowest BCUT2D eigenvalue weighted by Gasteiger charge is -2.31. The predicted octanol–water partition coefficient (Wildman–Crippen LogP) is 1.71. The number of rotatable bonds is 5. The van der Waals surface area contributed by atoms with Crippen molar-refractivity contribution in [2.45, 2.75) is 32.1 Å². The molecule has 0 bridgehead atoms. The minimum absolute atomic E-state index is 0.0114. The Morgan fingerprint density at radius 1 is 1.12 bits per heavy atom. The van der Waals surface area contributed by atoms with Crippen molar-refractivity contribution >= 4 is 11.8 Å². The van der Waals surface area contributed by atoms with Crippen molar-refractivity contribution in [3.63, 3.8) is 0 Å². The number of carbonyl (C=O) groups excluding carboxylic acids is 2. The van der Waals surface area contributed by atoms with Crippen LogP contribution in [0.5, 0.6) is 0 Å². The molecule has 3 rings (SSSR count). The van der Waals surface area contributed by atoms with E-state index in [1.165, 1.54) is 6.42 Å². The second-order valence-corrected chi connectivity index (χ2v) is 6.93. The fourth-order valence-corrected chi connectivity index (χ4v) is 3.69. The van der Waals surface area contributed by atoms with Crippen molar-refractivity contribution in [1.29, 1.82) is 0 Å². The molecular formula is C18H28N4O2. The topological polar surface area (TPSA) is 68.4 Å². The second-order valence-electron chi connectivity index (χ2n) is 6.93. The van der Waals surface area contributed by atoms with Crippen molar-refractivity contribution in [2.75, 3.05) is 39.8 Å². The Labute approximate surface area is 143 Å². The first-order valence-corrected chi connectivity index (χ1v) is 9.10. The summed E-state index contributed by atoms with van der Waals surface area (Å²) in [6, 6.07) is 1.72. The highest BCUT2D eigenvalue weighted by Crippen LogP contribution is 2.22. The van der Waals surface area contributed by atoms with E-state index in [-0.39, 0.29) is 11.8 Å². The number of hydrogen-bond acceptors (Lipinski definition) is 3. The molecule has 0 unspecified atom stereocenters. The highest BCUT2D eigenvalue weighted by Gasteiger charge is 2.26. The summed E-state index contributed by atoms with van der Waals surface area (Å²) in [5.74, 6) is 0.760. The van der Waals surface area contributed by atoms with Gasteiger partial charge in [0.05, 0.1) is 5.56 Å². The zero-order chi connectivity index (χ0) is 16.9. The van der Waals surface area contributed by atoms with Gasteiger partial charge in [0, 0.05) is 32.4 Å². The molecule has 3 heterocycles. The van der Waals surface area contributed by atoms with Gasteiger partial charge in [-0.3, -0.25) is 9.59 Å². The molecule has 24 heavy (non-hydrogen) atoms. The number of aromatic nitrogens is 1. The fraction of sp³-hybridized carbons (Fsp3) is 0.667. The van der Waals surface area contributed by atoms with E-state index in [9.17, 15) is 9.59 Å². The van der Waals surface area contributed by atoms with Crippen LogP contribution in [0, 0.1) is 5.92 Å². The van der Waals surface area contributed by atoms with E-state index in [1.54, 1.807) is 12.3 Å². The Balaban J connectivity index is 1.55. The molecule has 1 aromatic rings. The van der Waals surface area contributed by atoms with Gasteiger partial charge < -0.3 is 20.1 Å². The lowest BCUT2D eigenvalue weighted by molar-refractivity contribution is 0.0687. The number of amides is 2. The van der Waals surface area contributed by atoms with Crippen LogP contribution >= 0.6 is 0 Å². The summed E-state index contributed by atoms with van der Waals surface area (Å²) in [6.45, 7) is 4.31. The zero-order valence-corrected chi connectivity index (χ0v) is 14.5. The van der Waals surface area contributed by atoms with Gasteiger partial charge in [-0.2, -0.15) is 0 Å². The number of nitrogens with zero attached hydrogens (tertiary/aromatic N) is 2. The zero-order valence-electron chi connectivity index (χ0n) is 14.5. The number of piperidine rings is 1. The minimum atomic E-state index is 0.0114. The molecule has 0 spiro atoms. The van der Waals surface area contributed by atoms with Crippen LogP contribution in [-0.4, -0.2) is 66.4 Å². The Morgan fingerprint density at radius 3 is 2.46 bits per heavy atom. The molecule has 2 N–H and O–H groups in total. The Bertz CT molecular complexity index is 569. The van der Waals surface area contributed by atoms with E-state index >= 15 is 0 Å². The van der Waals surface area contributed by atoms with Crippen LogP contribution in [-0.2, 0) is 0 Å². The Kier molecular flexibility index (Phi) is 5.56. The number of likely N-dealkylation sites (tertiary alicyclic amines) is 2. The van der Waals surface area contributed by atoms with Gasteiger partial charge in [-0.25, -0.2) is 0 Å². The van der Waals surface area contributed by atoms with Crippen LogP contribution < -0.4 is 5.32 Å². The molecule has 2 saturated heterocycles. The molecule has 2 amide bonds. The van der Waals surface area contributed by atoms with Crippen LogP contribution in [0.25, 0.3) is 0 Å². The summed E-state index contributed by atoms with van der Waals surface area (Å²) >= 11 is 0. The van der Waals surface area contributed by atoms with E-state index in [0.29, 0.717) is 17.2 Å². The van der Waals surface area contributed by atoms with Crippen LogP contribution in [0.3, 0.4) is 0 Å². The first-order valence-electron chi connectivity index (χ1n) is 9.10. The number of carbonyl (C=O) groups is 2. The molecule has 1 aromatic heterocycles. The highest BCUT2D eigenvalue weighted by atomic mass is 16.2. The second kappa shape index (κ2) is 7.83. The molecule has 0 radical (unpaired) electrons. The SMILES string of the molecule is CNCCC1CCN(C(=O)c2c[nH]c(C(=O)N3CCCC3)c2)CC1. The van der Waals surface area contributed by atoms with Crippen molar-refractivity contribution in [1.82, 2.24) is 20.1 Å². The summed E-state index contributed by atoms with van der Waals surface area (Å²) in [5.41, 5.74) is 1.13. The number of hydrogen-bond donors (Lipinski definition) is 2. The van der Waals surface area contributed by atoms with Crippen molar-refractivity contribution < 1.29 is 9.59 Å². The fourth-order valence-electron chi connectivity index (χ4n) is 3.69. The first-order chi connectivity index (χ1) is 11.7. The van der Waals surface area contributed by atoms with Crippen molar-refractivity contribution in [3.8, 4) is 0 Å². The monoisotopic (exact) mass is 332 g/mol. The van der Waals surface area contributed by atoms with Crippen LogP contribution in [0.1, 0.15) is 53.0 Å². The quantitative estimate of drug-likeness (QED) is 0.862. The minimum Gasteiger partial charge on any atom is -0.356 e. The standard InChI is InChI=1S/C18H28N4O2/c1-19-7-4-14-5-10-22(11-6-14)17(23)15-12-16(20-13-15)18(24)21-8-2-3-9-21/h12-14,19-20H,2-11H2,1H3. The van der Waals surface area contributed by atoms with Crippen LogP contribution in [0.4, 0.5) is 0 Å². The third-order valence-corrected chi connectivity index (χ3v) is 5.26. The molecule has 0 aromatic carbocycles. The average Bonchev–Trinajstić information content (AvgIpc) is 3.30. The lowest BCUT2D eigenvalue weighted by atomic mass is 9.93. The van der Waals surface area contributed by atoms with Crippen molar-refractivity contribution in [2.24, 2.45) is 5.92 Å². The number of aromatic amines is 1. The molecule has 0 saturated carbocycles. The Morgan fingerprint density at radius 2 is 1.79 bits per heavy atom. The van der Waals surface area contributed by atoms with Gasteiger partial charge >= 0.3 is 0 Å². The van der Waals surface area contributed by atoms with E-state index < -0.39 is 0 Å². The average molecular weight is 332 g/mol. The molecular weight excluding hydrogens is 304 g/mol. The van der Waals surface area contributed by atoms with Gasteiger partial charge in [0.1, 0.15) is 5.69 Å². The summed E-state index contributed by atoms with van der Waals surface area (Å²) in [4.78, 5) is 31.8. The van der Waals surface area contributed by atoms with E-state index in [0.717, 1.165) is 58.4 Å². The molecule has 2 aliphatic rings. The molecule has 0 atom stereocenters. The number of nitrogens with one attached hydrogen (secondary N) is 2. The highest BCUT2D eigenvalue weighted by molar-refractivity contribution is 5.99. The molecule has 2 fully saturated rings. The van der Waals surface area contributed by atoms with Gasteiger partial charge in [0.2, 0.25) is 0 Å². The first kappa shape index (κ1) is 17.0. The van der Waals surface area contributed by atoms with E-state index in [4.69, 9.17) is 0 Å². The largest absolute Gasteiger partial charge is 0.356 e. The smallest absolute Gasteiger partial charge is 0.270 e. The van der Waals surface area contributed by atoms with E-state index in [1.807, 2.05) is 16.8 Å². The molecule has 0 aliphatic carbocycles. The van der Waals surface area contributed by atoms with Gasteiger partial charge in [-0.1, -0.05) is 0 Å². The molecule has 2 aliphatic heterocycles. The van der Waals surface area contributed by atoms with Gasteiger partial charge in [0.15, 0.2) is 0 Å². The van der Waals surface area contributed by atoms with Crippen LogP contribution in [0.2, 0.25) is 0 Å². The molecule has 132 valence electrons. The maximum absolute atomic E-state index is 12.6. The van der Waals surface area contributed by atoms with Gasteiger partial charge in [-0.05, 0) is 57.7 Å². The molecule has 6 nitrogen and oxygen atoms in total. The summed E-state index contributed by atoms with van der Waals surface area (Å²) in [5, 5.41) is 3.19. The van der Waals surface area contributed by atoms with Gasteiger partial charge in [0.25, 0.3) is 11.8 Å². The summed E-state index contributed by atoms with van der Waals surface area (Å²) in [7, 11) is 1.98. The molecule has 6 heteroatoms.